The molecule has 1 fully saturated rings. The largest absolute Gasteiger partial charge is 0.486 e. The van der Waals surface area contributed by atoms with E-state index in [-0.39, 0.29) is 6.42 Å². The normalized spacial score (nSPS) is 29.9. The molecule has 2 N–H and O–H groups in total. The maximum atomic E-state index is 13.1. The van der Waals surface area contributed by atoms with Crippen LogP contribution in [0.1, 0.15) is 12.0 Å². The van der Waals surface area contributed by atoms with E-state index in [2.05, 4.69) is 0 Å². The zero-order chi connectivity index (χ0) is 11.4. The lowest BCUT2D eigenvalue weighted by Crippen LogP contribution is -2.27. The van der Waals surface area contributed by atoms with Gasteiger partial charge in [0.25, 0.3) is 5.92 Å². The van der Waals surface area contributed by atoms with Crippen molar-refractivity contribution in [2.75, 3.05) is 13.2 Å². The van der Waals surface area contributed by atoms with Gasteiger partial charge in [0.2, 0.25) is 0 Å². The summed E-state index contributed by atoms with van der Waals surface area (Å²) in [5.41, 5.74) is 4.51. The third-order valence-corrected chi connectivity index (χ3v) is 3.09. The van der Waals surface area contributed by atoms with Crippen LogP contribution in [0.4, 0.5) is 8.78 Å². The molecule has 0 bridgehead atoms. The standard InChI is InChI=1S/C11H11F2NO2/c12-11(13)6-10(11,14)7-1-2-8-9(5-7)16-4-3-15-8/h1-2,5H,3-4,6,14H2. The van der Waals surface area contributed by atoms with Crippen LogP contribution in [0.15, 0.2) is 18.2 Å². The minimum atomic E-state index is -2.81. The molecule has 1 aromatic carbocycles. The Kier molecular flexibility index (Phi) is 1.75. The van der Waals surface area contributed by atoms with Gasteiger partial charge < -0.3 is 15.2 Å². The summed E-state index contributed by atoms with van der Waals surface area (Å²) in [5, 5.41) is 0. The molecule has 0 radical (unpaired) electrons. The van der Waals surface area contributed by atoms with Crippen molar-refractivity contribution < 1.29 is 18.3 Å². The van der Waals surface area contributed by atoms with E-state index in [1.165, 1.54) is 0 Å². The number of halogens is 2. The van der Waals surface area contributed by atoms with Crippen molar-refractivity contribution in [2.45, 2.75) is 17.9 Å². The van der Waals surface area contributed by atoms with Crippen molar-refractivity contribution in [3.63, 3.8) is 0 Å². The predicted molar refractivity (Wildman–Crippen MR) is 52.9 cm³/mol. The van der Waals surface area contributed by atoms with Crippen LogP contribution in [0.5, 0.6) is 11.5 Å². The predicted octanol–water partition coefficient (Wildman–Crippen LogP) is 1.65. The van der Waals surface area contributed by atoms with E-state index in [1.807, 2.05) is 0 Å². The molecule has 3 rings (SSSR count). The highest BCUT2D eigenvalue weighted by Crippen LogP contribution is 2.58. The van der Waals surface area contributed by atoms with Gasteiger partial charge in [0.05, 0.1) is 0 Å². The average Bonchev–Trinajstić information content (AvgIpc) is 2.79. The van der Waals surface area contributed by atoms with E-state index in [4.69, 9.17) is 15.2 Å². The van der Waals surface area contributed by atoms with Crippen LogP contribution in [0.2, 0.25) is 0 Å². The van der Waals surface area contributed by atoms with Gasteiger partial charge in [-0.15, -0.1) is 0 Å². The number of hydrogen-bond acceptors (Lipinski definition) is 3. The number of rotatable bonds is 1. The molecular weight excluding hydrogens is 216 g/mol. The van der Waals surface area contributed by atoms with Crippen molar-refractivity contribution >= 4 is 0 Å². The van der Waals surface area contributed by atoms with Crippen LogP contribution in [0.25, 0.3) is 0 Å². The molecule has 1 atom stereocenters. The van der Waals surface area contributed by atoms with Gasteiger partial charge in [0.15, 0.2) is 11.5 Å². The zero-order valence-electron chi connectivity index (χ0n) is 8.50. The second-order valence-corrected chi connectivity index (χ2v) is 4.21. The van der Waals surface area contributed by atoms with Crippen LogP contribution in [0, 0.1) is 0 Å². The van der Waals surface area contributed by atoms with E-state index in [0.717, 1.165) is 0 Å². The highest BCUT2D eigenvalue weighted by molar-refractivity contribution is 5.48. The van der Waals surface area contributed by atoms with Crippen LogP contribution in [-0.2, 0) is 5.54 Å². The van der Waals surface area contributed by atoms with Gasteiger partial charge in [-0.2, -0.15) is 0 Å². The number of alkyl halides is 2. The first-order valence-corrected chi connectivity index (χ1v) is 5.10. The SMILES string of the molecule is NC1(c2ccc3c(c2)OCCO3)CC1(F)F. The Morgan fingerprint density at radius 1 is 1.12 bits per heavy atom. The van der Waals surface area contributed by atoms with E-state index >= 15 is 0 Å². The fraction of sp³-hybridized carbons (Fsp3) is 0.455. The Balaban J connectivity index is 1.99. The van der Waals surface area contributed by atoms with E-state index < -0.39 is 11.5 Å². The summed E-state index contributed by atoms with van der Waals surface area (Å²) in [6.45, 7) is 0.917. The summed E-state index contributed by atoms with van der Waals surface area (Å²) in [4.78, 5) is 0. The smallest absolute Gasteiger partial charge is 0.272 e. The van der Waals surface area contributed by atoms with Crippen molar-refractivity contribution in [1.82, 2.24) is 0 Å². The molecule has 0 spiro atoms. The second-order valence-electron chi connectivity index (χ2n) is 4.21. The Morgan fingerprint density at radius 2 is 1.75 bits per heavy atom. The molecule has 1 saturated carbocycles. The van der Waals surface area contributed by atoms with Crippen molar-refractivity contribution in [3.05, 3.63) is 23.8 Å². The molecule has 0 aromatic heterocycles. The van der Waals surface area contributed by atoms with Crippen LogP contribution in [-0.4, -0.2) is 19.1 Å². The van der Waals surface area contributed by atoms with E-state index in [0.29, 0.717) is 30.3 Å². The lowest BCUT2D eigenvalue weighted by Gasteiger charge is -2.20. The average molecular weight is 227 g/mol. The van der Waals surface area contributed by atoms with Crippen LogP contribution >= 0.6 is 0 Å². The summed E-state index contributed by atoms with van der Waals surface area (Å²) in [7, 11) is 0. The number of benzene rings is 1. The molecule has 1 aromatic rings. The Bertz CT molecular complexity index is 450. The molecule has 0 saturated heterocycles. The van der Waals surface area contributed by atoms with Gasteiger partial charge in [0, 0.05) is 6.42 Å². The summed E-state index contributed by atoms with van der Waals surface area (Å²) in [6.07, 6.45) is -0.306. The number of fused-ring (bicyclic) bond motifs is 1. The number of ether oxygens (including phenoxy) is 2. The van der Waals surface area contributed by atoms with Crippen LogP contribution in [0.3, 0.4) is 0 Å². The van der Waals surface area contributed by atoms with Gasteiger partial charge in [0.1, 0.15) is 18.8 Å². The number of nitrogens with two attached hydrogens (primary N) is 1. The summed E-state index contributed by atoms with van der Waals surface area (Å²) in [6, 6.07) is 4.76. The van der Waals surface area contributed by atoms with Gasteiger partial charge in [-0.05, 0) is 17.7 Å². The van der Waals surface area contributed by atoms with E-state index in [9.17, 15) is 8.78 Å². The molecule has 1 aliphatic carbocycles. The molecule has 3 nitrogen and oxygen atoms in total. The summed E-state index contributed by atoms with van der Waals surface area (Å²) in [5.74, 6) is -1.73. The third kappa shape index (κ3) is 1.21. The second kappa shape index (κ2) is 2.85. The van der Waals surface area contributed by atoms with Gasteiger partial charge >= 0.3 is 0 Å². The highest BCUT2D eigenvalue weighted by Gasteiger charge is 2.70. The minimum Gasteiger partial charge on any atom is -0.486 e. The topological polar surface area (TPSA) is 44.5 Å². The minimum absolute atomic E-state index is 0.306. The quantitative estimate of drug-likeness (QED) is 0.793. The van der Waals surface area contributed by atoms with Crippen molar-refractivity contribution in [1.29, 1.82) is 0 Å². The third-order valence-electron chi connectivity index (χ3n) is 3.09. The Morgan fingerprint density at radius 3 is 2.38 bits per heavy atom. The van der Waals surface area contributed by atoms with Crippen molar-refractivity contribution in [3.8, 4) is 11.5 Å². The zero-order valence-corrected chi connectivity index (χ0v) is 8.50. The molecule has 0 amide bonds. The molecule has 1 heterocycles. The molecule has 1 aliphatic heterocycles. The van der Waals surface area contributed by atoms with E-state index in [1.54, 1.807) is 18.2 Å². The maximum absolute atomic E-state index is 13.1. The molecule has 1 unspecified atom stereocenters. The first-order chi connectivity index (χ1) is 7.53. The Labute approximate surface area is 91.1 Å². The number of hydrogen-bond donors (Lipinski definition) is 1. The first kappa shape index (κ1) is 9.84. The fourth-order valence-corrected chi connectivity index (χ4v) is 1.94. The highest BCUT2D eigenvalue weighted by atomic mass is 19.3. The summed E-state index contributed by atoms with van der Waals surface area (Å²) >= 11 is 0. The van der Waals surface area contributed by atoms with Gasteiger partial charge in [-0.3, -0.25) is 0 Å². The monoisotopic (exact) mass is 227 g/mol. The van der Waals surface area contributed by atoms with Crippen molar-refractivity contribution in [2.24, 2.45) is 5.73 Å². The lowest BCUT2D eigenvalue weighted by atomic mass is 10.0. The molecule has 5 heteroatoms. The molecule has 2 aliphatic rings. The first-order valence-electron chi connectivity index (χ1n) is 5.10. The lowest BCUT2D eigenvalue weighted by molar-refractivity contribution is 0.0889. The molecule has 86 valence electrons. The molecular formula is C11H11F2NO2. The summed E-state index contributed by atoms with van der Waals surface area (Å²) < 4.78 is 36.8. The van der Waals surface area contributed by atoms with Gasteiger partial charge in [-0.25, -0.2) is 8.78 Å². The van der Waals surface area contributed by atoms with Crippen LogP contribution < -0.4 is 15.2 Å². The fourth-order valence-electron chi connectivity index (χ4n) is 1.94. The Hall–Kier alpha value is -1.36. The molecule has 16 heavy (non-hydrogen) atoms. The van der Waals surface area contributed by atoms with Gasteiger partial charge in [-0.1, -0.05) is 6.07 Å². The maximum Gasteiger partial charge on any atom is 0.272 e.